The molecule has 0 saturated heterocycles. The highest BCUT2D eigenvalue weighted by molar-refractivity contribution is 6.31. The van der Waals surface area contributed by atoms with Gasteiger partial charge in [-0.15, -0.1) is 0 Å². The third-order valence-electron chi connectivity index (χ3n) is 3.57. The molecular weight excluding hydrogens is 256 g/mol. The molecule has 1 unspecified atom stereocenters. The van der Waals surface area contributed by atoms with Crippen LogP contribution in [0.3, 0.4) is 0 Å². The second kappa shape index (κ2) is 9.35. The summed E-state index contributed by atoms with van der Waals surface area (Å²) in [6, 6.07) is 8.45. The highest BCUT2D eigenvalue weighted by atomic mass is 35.5. The second-order valence-electron chi connectivity index (χ2n) is 5.16. The number of unbranched alkanes of at least 4 members (excludes halogenated alkanes) is 2. The summed E-state index contributed by atoms with van der Waals surface area (Å²) in [5.74, 6) is 0. The Labute approximate surface area is 123 Å². The van der Waals surface area contributed by atoms with Crippen LogP contribution in [0.1, 0.15) is 44.2 Å². The lowest BCUT2D eigenvalue weighted by Gasteiger charge is -2.22. The number of benzene rings is 1. The van der Waals surface area contributed by atoms with E-state index in [4.69, 9.17) is 11.6 Å². The maximum absolute atomic E-state index is 6.26. The molecule has 0 radical (unpaired) electrons. The average Bonchev–Trinajstić information content (AvgIpc) is 2.41. The largest absolute Gasteiger partial charge is 0.313 e. The van der Waals surface area contributed by atoms with Gasteiger partial charge in [0.15, 0.2) is 0 Å². The van der Waals surface area contributed by atoms with Gasteiger partial charge in [0.05, 0.1) is 0 Å². The smallest absolute Gasteiger partial charge is 0.0453 e. The summed E-state index contributed by atoms with van der Waals surface area (Å²) in [6.07, 6.45) is 4.99. The zero-order chi connectivity index (χ0) is 14.1. The fraction of sp³-hybridized carbons (Fsp3) is 0.625. The molecule has 1 N–H and O–H groups in total. The van der Waals surface area contributed by atoms with E-state index in [-0.39, 0.29) is 0 Å². The van der Waals surface area contributed by atoms with Gasteiger partial charge in [-0.05, 0) is 51.7 Å². The lowest BCUT2D eigenvalue weighted by molar-refractivity contribution is 0.304. The van der Waals surface area contributed by atoms with Crippen molar-refractivity contribution in [2.45, 2.75) is 38.6 Å². The van der Waals surface area contributed by atoms with Gasteiger partial charge in [0.1, 0.15) is 0 Å². The third-order valence-corrected chi connectivity index (χ3v) is 3.92. The average molecular weight is 283 g/mol. The van der Waals surface area contributed by atoms with Gasteiger partial charge in [0.25, 0.3) is 0 Å². The molecule has 19 heavy (non-hydrogen) atoms. The zero-order valence-corrected chi connectivity index (χ0v) is 13.2. The lowest BCUT2D eigenvalue weighted by Crippen LogP contribution is -2.26. The zero-order valence-electron chi connectivity index (χ0n) is 12.5. The van der Waals surface area contributed by atoms with Crippen LogP contribution in [-0.4, -0.2) is 32.1 Å². The molecule has 0 aliphatic carbocycles. The number of halogens is 1. The standard InChI is InChI=1S/C16H27ClN2/c1-4-5-8-12-19(3)13-11-16(18-2)14-9-6-7-10-15(14)17/h6-7,9-10,16,18H,4-5,8,11-13H2,1-3H3. The number of nitrogens with one attached hydrogen (secondary N) is 1. The van der Waals surface area contributed by atoms with Gasteiger partial charge in [0.2, 0.25) is 0 Å². The first-order valence-electron chi connectivity index (χ1n) is 7.29. The Balaban J connectivity index is 2.43. The maximum atomic E-state index is 6.26. The van der Waals surface area contributed by atoms with E-state index in [0.717, 1.165) is 18.0 Å². The molecule has 0 spiro atoms. The summed E-state index contributed by atoms with van der Waals surface area (Å²) < 4.78 is 0. The van der Waals surface area contributed by atoms with Crippen molar-refractivity contribution >= 4 is 11.6 Å². The number of nitrogens with zero attached hydrogens (tertiary/aromatic N) is 1. The van der Waals surface area contributed by atoms with Crippen molar-refractivity contribution in [1.82, 2.24) is 10.2 Å². The molecule has 0 amide bonds. The van der Waals surface area contributed by atoms with Crippen molar-refractivity contribution in [1.29, 1.82) is 0 Å². The summed E-state index contributed by atoms with van der Waals surface area (Å²) in [5.41, 5.74) is 1.20. The van der Waals surface area contributed by atoms with Crippen LogP contribution in [0.4, 0.5) is 0 Å². The molecular formula is C16H27ClN2. The lowest BCUT2D eigenvalue weighted by atomic mass is 10.0. The quantitative estimate of drug-likeness (QED) is 0.686. The number of hydrogen-bond donors (Lipinski definition) is 1. The van der Waals surface area contributed by atoms with Gasteiger partial charge in [-0.2, -0.15) is 0 Å². The Hall–Kier alpha value is -0.570. The third kappa shape index (κ3) is 5.94. The van der Waals surface area contributed by atoms with E-state index in [1.54, 1.807) is 0 Å². The number of hydrogen-bond acceptors (Lipinski definition) is 2. The van der Waals surface area contributed by atoms with E-state index in [2.05, 4.69) is 36.3 Å². The van der Waals surface area contributed by atoms with E-state index in [0.29, 0.717) is 6.04 Å². The Bertz CT molecular complexity index is 354. The van der Waals surface area contributed by atoms with Crippen molar-refractivity contribution in [2.75, 3.05) is 27.2 Å². The molecule has 1 aromatic carbocycles. The molecule has 1 rings (SSSR count). The summed E-state index contributed by atoms with van der Waals surface area (Å²) in [5, 5.41) is 4.23. The fourth-order valence-electron chi connectivity index (χ4n) is 2.31. The van der Waals surface area contributed by atoms with Gasteiger partial charge in [0, 0.05) is 11.1 Å². The Morgan fingerprint density at radius 1 is 1.21 bits per heavy atom. The predicted molar refractivity (Wildman–Crippen MR) is 84.9 cm³/mol. The van der Waals surface area contributed by atoms with Crippen LogP contribution in [0.5, 0.6) is 0 Å². The van der Waals surface area contributed by atoms with Gasteiger partial charge >= 0.3 is 0 Å². The van der Waals surface area contributed by atoms with Crippen LogP contribution in [0.2, 0.25) is 5.02 Å². The summed E-state index contributed by atoms with van der Waals surface area (Å²) in [4.78, 5) is 2.41. The molecule has 2 nitrogen and oxygen atoms in total. The SMILES string of the molecule is CCCCCN(C)CCC(NC)c1ccccc1Cl. The molecule has 0 saturated carbocycles. The minimum atomic E-state index is 0.335. The molecule has 1 atom stereocenters. The Kier molecular flexibility index (Phi) is 8.11. The van der Waals surface area contributed by atoms with Crippen molar-refractivity contribution in [2.24, 2.45) is 0 Å². The van der Waals surface area contributed by atoms with Gasteiger partial charge in [-0.25, -0.2) is 0 Å². The van der Waals surface area contributed by atoms with E-state index >= 15 is 0 Å². The van der Waals surface area contributed by atoms with Crippen molar-refractivity contribution < 1.29 is 0 Å². The molecule has 1 aromatic rings. The van der Waals surface area contributed by atoms with Crippen molar-refractivity contribution in [3.63, 3.8) is 0 Å². The molecule has 0 aliphatic rings. The minimum Gasteiger partial charge on any atom is -0.313 e. The van der Waals surface area contributed by atoms with Crippen LogP contribution in [0, 0.1) is 0 Å². The molecule has 108 valence electrons. The van der Waals surface area contributed by atoms with Crippen molar-refractivity contribution in [3.8, 4) is 0 Å². The number of rotatable bonds is 9. The summed E-state index contributed by atoms with van der Waals surface area (Å²) in [7, 11) is 4.21. The Morgan fingerprint density at radius 2 is 1.95 bits per heavy atom. The summed E-state index contributed by atoms with van der Waals surface area (Å²) >= 11 is 6.26. The first-order valence-corrected chi connectivity index (χ1v) is 7.67. The van der Waals surface area contributed by atoms with Gasteiger partial charge < -0.3 is 10.2 Å². The highest BCUT2D eigenvalue weighted by Gasteiger charge is 2.12. The molecule has 0 fully saturated rings. The molecule has 0 aliphatic heterocycles. The van der Waals surface area contributed by atoms with Crippen LogP contribution in [0.25, 0.3) is 0 Å². The van der Waals surface area contributed by atoms with Crippen molar-refractivity contribution in [3.05, 3.63) is 34.9 Å². The topological polar surface area (TPSA) is 15.3 Å². The van der Waals surface area contributed by atoms with E-state index in [1.807, 2.05) is 19.2 Å². The van der Waals surface area contributed by atoms with Crippen LogP contribution >= 0.6 is 11.6 Å². The van der Waals surface area contributed by atoms with Crippen LogP contribution in [0.15, 0.2) is 24.3 Å². The van der Waals surface area contributed by atoms with E-state index in [9.17, 15) is 0 Å². The van der Waals surface area contributed by atoms with Crippen LogP contribution in [-0.2, 0) is 0 Å². The maximum Gasteiger partial charge on any atom is 0.0453 e. The van der Waals surface area contributed by atoms with E-state index < -0.39 is 0 Å². The monoisotopic (exact) mass is 282 g/mol. The van der Waals surface area contributed by atoms with E-state index in [1.165, 1.54) is 31.4 Å². The molecule has 0 heterocycles. The first-order chi connectivity index (χ1) is 9.19. The molecule has 0 aromatic heterocycles. The van der Waals surface area contributed by atoms with Crippen LogP contribution < -0.4 is 5.32 Å². The highest BCUT2D eigenvalue weighted by Crippen LogP contribution is 2.24. The van der Waals surface area contributed by atoms with Gasteiger partial charge in [-0.3, -0.25) is 0 Å². The fourth-order valence-corrected chi connectivity index (χ4v) is 2.57. The molecule has 0 bridgehead atoms. The second-order valence-corrected chi connectivity index (χ2v) is 5.57. The summed E-state index contributed by atoms with van der Waals surface area (Å²) in [6.45, 7) is 4.53. The van der Waals surface area contributed by atoms with Gasteiger partial charge in [-0.1, -0.05) is 49.6 Å². The first kappa shape index (κ1) is 16.5. The Morgan fingerprint density at radius 3 is 2.58 bits per heavy atom. The molecule has 3 heteroatoms. The normalized spacial score (nSPS) is 12.9. The predicted octanol–water partition coefficient (Wildman–Crippen LogP) is 4.11. The minimum absolute atomic E-state index is 0.335.